The van der Waals surface area contributed by atoms with Crippen molar-refractivity contribution >= 4 is 21.5 Å². The highest BCUT2D eigenvalue weighted by Gasteiger charge is 2.28. The van der Waals surface area contributed by atoms with Gasteiger partial charge >= 0.3 is 5.97 Å². The molecule has 0 radical (unpaired) electrons. The number of nitrogens with one attached hydrogen (secondary N) is 1. The fourth-order valence-electron chi connectivity index (χ4n) is 1.69. The number of carbonyl (C=O) groups excluding carboxylic acids is 1. The molecule has 0 bridgehead atoms. The molecule has 6 nitrogen and oxygen atoms in total. The molecule has 0 fully saturated rings. The van der Waals surface area contributed by atoms with Crippen LogP contribution in [0.1, 0.15) is 34.1 Å². The maximum atomic E-state index is 12.4. The van der Waals surface area contributed by atoms with Gasteiger partial charge in [0, 0.05) is 6.42 Å². The monoisotopic (exact) mass is 327 g/mol. The van der Waals surface area contributed by atoms with E-state index in [9.17, 15) is 18.3 Å². The van der Waals surface area contributed by atoms with E-state index in [-0.39, 0.29) is 22.8 Å². The van der Waals surface area contributed by atoms with Crippen LogP contribution in [0.25, 0.3) is 0 Å². The van der Waals surface area contributed by atoms with Crippen LogP contribution in [0.4, 0.5) is 0 Å². The number of hydrogen-bond acceptors (Lipinski definition) is 6. The molecule has 1 atom stereocenters. The maximum absolute atomic E-state index is 12.4. The molecule has 1 aromatic carbocycles. The van der Waals surface area contributed by atoms with E-state index in [1.807, 2.05) is 0 Å². The molecule has 0 aliphatic carbocycles. The van der Waals surface area contributed by atoms with Crippen molar-refractivity contribution in [2.45, 2.75) is 49.9 Å². The highest BCUT2D eigenvalue weighted by molar-refractivity contribution is 7.92. The first-order valence-electron chi connectivity index (χ1n) is 6.77. The lowest BCUT2D eigenvalue weighted by Crippen LogP contribution is -2.31. The SMILES string of the molecule is C[C@@H](CC(=N)C(=O)OC(C)(C)C)S(=O)(=O)c1ccc(O)cc1. The van der Waals surface area contributed by atoms with Crippen LogP contribution in [0.3, 0.4) is 0 Å². The van der Waals surface area contributed by atoms with E-state index in [4.69, 9.17) is 10.1 Å². The average molecular weight is 327 g/mol. The molecule has 0 heterocycles. The average Bonchev–Trinajstić information content (AvgIpc) is 2.37. The standard InChI is InChI=1S/C15H21NO5S/c1-10(9-13(16)14(18)21-15(2,3)4)22(19,20)12-7-5-11(17)6-8-12/h5-8,10,16-17H,9H2,1-4H3/t10-/m0/s1. The topological polar surface area (TPSA) is 105 Å². The quantitative estimate of drug-likeness (QED) is 0.638. The summed E-state index contributed by atoms with van der Waals surface area (Å²) in [6, 6.07) is 5.13. The van der Waals surface area contributed by atoms with Gasteiger partial charge in [-0.1, -0.05) is 0 Å². The smallest absolute Gasteiger partial charge is 0.352 e. The lowest BCUT2D eigenvalue weighted by Gasteiger charge is -2.20. The second kappa shape index (κ2) is 6.48. The Kier molecular flexibility index (Phi) is 5.35. The van der Waals surface area contributed by atoms with Gasteiger partial charge in [-0.3, -0.25) is 5.41 Å². The molecule has 1 rings (SSSR count). The minimum Gasteiger partial charge on any atom is -0.508 e. The van der Waals surface area contributed by atoms with Crippen LogP contribution in [0.5, 0.6) is 5.75 Å². The van der Waals surface area contributed by atoms with Crippen molar-refractivity contribution in [3.05, 3.63) is 24.3 Å². The van der Waals surface area contributed by atoms with Crippen LogP contribution in [0, 0.1) is 5.41 Å². The minimum atomic E-state index is -3.69. The molecule has 0 saturated carbocycles. The number of hydrogen-bond donors (Lipinski definition) is 2. The van der Waals surface area contributed by atoms with Gasteiger partial charge in [0.25, 0.3) is 0 Å². The predicted octanol–water partition coefficient (Wildman–Crippen LogP) is 2.31. The van der Waals surface area contributed by atoms with E-state index in [1.165, 1.54) is 31.2 Å². The van der Waals surface area contributed by atoms with E-state index in [1.54, 1.807) is 20.8 Å². The molecule has 1 aromatic rings. The molecule has 22 heavy (non-hydrogen) atoms. The van der Waals surface area contributed by atoms with Crippen molar-refractivity contribution in [1.82, 2.24) is 0 Å². The van der Waals surface area contributed by atoms with E-state index in [0.29, 0.717) is 0 Å². The molecule has 0 saturated heterocycles. The summed E-state index contributed by atoms with van der Waals surface area (Å²) in [7, 11) is -3.69. The summed E-state index contributed by atoms with van der Waals surface area (Å²) >= 11 is 0. The first kappa shape index (κ1) is 18.2. The van der Waals surface area contributed by atoms with Crippen molar-refractivity contribution in [3.8, 4) is 5.75 Å². The lowest BCUT2D eigenvalue weighted by molar-refractivity contribution is -0.146. The van der Waals surface area contributed by atoms with Crippen LogP contribution >= 0.6 is 0 Å². The Hall–Kier alpha value is -1.89. The summed E-state index contributed by atoms with van der Waals surface area (Å²) in [5.41, 5.74) is -1.12. The summed E-state index contributed by atoms with van der Waals surface area (Å²) in [6.07, 6.45) is -0.238. The number of phenolic OH excluding ortho intramolecular Hbond substituents is 1. The van der Waals surface area contributed by atoms with Crippen molar-refractivity contribution in [2.24, 2.45) is 0 Å². The number of ether oxygens (including phenoxy) is 1. The fraction of sp³-hybridized carbons (Fsp3) is 0.467. The molecular weight excluding hydrogens is 306 g/mol. The summed E-state index contributed by atoms with van der Waals surface area (Å²) in [5, 5.41) is 16.0. The van der Waals surface area contributed by atoms with Gasteiger partial charge in [0.1, 0.15) is 17.1 Å². The highest BCUT2D eigenvalue weighted by Crippen LogP contribution is 2.21. The molecule has 0 aromatic heterocycles. The van der Waals surface area contributed by atoms with Gasteiger partial charge in [0.2, 0.25) is 0 Å². The van der Waals surface area contributed by atoms with Crippen molar-refractivity contribution in [1.29, 1.82) is 5.41 Å². The molecule has 0 unspecified atom stereocenters. The van der Waals surface area contributed by atoms with Gasteiger partial charge in [-0.15, -0.1) is 0 Å². The normalized spacial score (nSPS) is 13.5. The van der Waals surface area contributed by atoms with E-state index >= 15 is 0 Å². The minimum absolute atomic E-state index is 0.0342. The van der Waals surface area contributed by atoms with Gasteiger partial charge < -0.3 is 9.84 Å². The molecule has 122 valence electrons. The zero-order valence-electron chi connectivity index (χ0n) is 13.1. The number of benzene rings is 1. The van der Waals surface area contributed by atoms with Crippen molar-refractivity contribution in [2.75, 3.05) is 0 Å². The molecule has 2 N–H and O–H groups in total. The van der Waals surface area contributed by atoms with Crippen molar-refractivity contribution < 1.29 is 23.1 Å². The predicted molar refractivity (Wildman–Crippen MR) is 82.9 cm³/mol. The van der Waals surface area contributed by atoms with Gasteiger partial charge in [0.05, 0.1) is 10.1 Å². The Morgan fingerprint density at radius 3 is 2.23 bits per heavy atom. The third-order valence-electron chi connectivity index (χ3n) is 2.83. The molecule has 0 spiro atoms. The van der Waals surface area contributed by atoms with E-state index in [2.05, 4.69) is 0 Å². The van der Waals surface area contributed by atoms with Crippen LogP contribution in [-0.2, 0) is 19.4 Å². The second-order valence-corrected chi connectivity index (χ2v) is 8.40. The van der Waals surface area contributed by atoms with Gasteiger partial charge in [0.15, 0.2) is 9.84 Å². The molecule has 7 heteroatoms. The lowest BCUT2D eigenvalue weighted by atomic mass is 10.1. The summed E-state index contributed by atoms with van der Waals surface area (Å²) in [5.74, 6) is -0.853. The number of carbonyl (C=O) groups is 1. The second-order valence-electron chi connectivity index (χ2n) is 6.03. The fourth-order valence-corrected chi connectivity index (χ4v) is 3.05. The maximum Gasteiger partial charge on any atom is 0.352 e. The molecule has 0 amide bonds. The Balaban J connectivity index is 2.83. The Bertz CT molecular complexity index is 656. The zero-order chi connectivity index (χ0) is 17.1. The number of sulfone groups is 1. The summed E-state index contributed by atoms with van der Waals surface area (Å²) in [6.45, 7) is 6.46. The third kappa shape index (κ3) is 4.84. The van der Waals surface area contributed by atoms with E-state index < -0.39 is 26.7 Å². The van der Waals surface area contributed by atoms with Crippen molar-refractivity contribution in [3.63, 3.8) is 0 Å². The molecule has 0 aliphatic rings. The first-order valence-corrected chi connectivity index (χ1v) is 8.32. The van der Waals surface area contributed by atoms with Gasteiger partial charge in [-0.2, -0.15) is 0 Å². The third-order valence-corrected chi connectivity index (χ3v) is 4.99. The van der Waals surface area contributed by atoms with Gasteiger partial charge in [-0.05, 0) is 52.0 Å². The number of phenols is 1. The largest absolute Gasteiger partial charge is 0.508 e. The molecular formula is C15H21NO5S. The van der Waals surface area contributed by atoms with Crippen LogP contribution in [0.2, 0.25) is 0 Å². The van der Waals surface area contributed by atoms with E-state index in [0.717, 1.165) is 0 Å². The summed E-state index contributed by atoms with van der Waals surface area (Å²) in [4.78, 5) is 11.8. The zero-order valence-corrected chi connectivity index (χ0v) is 13.9. The molecule has 0 aliphatic heterocycles. The van der Waals surface area contributed by atoms with Gasteiger partial charge in [-0.25, -0.2) is 13.2 Å². The number of rotatable bonds is 5. The number of esters is 1. The Labute approximate surface area is 130 Å². The highest BCUT2D eigenvalue weighted by atomic mass is 32.2. The Morgan fingerprint density at radius 2 is 1.77 bits per heavy atom. The van der Waals surface area contributed by atoms with Crippen LogP contribution < -0.4 is 0 Å². The Morgan fingerprint density at radius 1 is 1.27 bits per heavy atom. The summed E-state index contributed by atoms with van der Waals surface area (Å²) < 4.78 is 29.8. The van der Waals surface area contributed by atoms with Crippen LogP contribution in [0.15, 0.2) is 29.2 Å². The first-order chi connectivity index (χ1) is 9.93. The van der Waals surface area contributed by atoms with Crippen LogP contribution in [-0.4, -0.2) is 36.1 Å². The number of aromatic hydroxyl groups is 1.